The Hall–Kier alpha value is -2.82. The van der Waals surface area contributed by atoms with Gasteiger partial charge in [-0.2, -0.15) is 0 Å². The maximum absolute atomic E-state index is 12.3. The number of benzene rings is 2. The van der Waals surface area contributed by atoms with E-state index in [1.807, 2.05) is 31.2 Å². The molecular weight excluding hydrogens is 340 g/mol. The third-order valence-corrected chi connectivity index (χ3v) is 4.11. The lowest BCUT2D eigenvalue weighted by Gasteiger charge is -2.09. The number of hydrogen-bond donors (Lipinski definition) is 2. The van der Waals surface area contributed by atoms with Gasteiger partial charge in [-0.1, -0.05) is 31.9 Å². The van der Waals surface area contributed by atoms with Gasteiger partial charge in [-0.05, 0) is 55.3 Å². The van der Waals surface area contributed by atoms with Crippen molar-refractivity contribution in [2.24, 2.45) is 0 Å². The number of carbonyl (C=O) groups excluding carboxylic acids is 2. The van der Waals surface area contributed by atoms with Gasteiger partial charge in [0.05, 0.1) is 6.61 Å². The average molecular weight is 368 g/mol. The molecule has 5 nitrogen and oxygen atoms in total. The van der Waals surface area contributed by atoms with E-state index in [-0.39, 0.29) is 11.8 Å². The van der Waals surface area contributed by atoms with Gasteiger partial charge in [-0.25, -0.2) is 0 Å². The monoisotopic (exact) mass is 368 g/mol. The highest BCUT2D eigenvalue weighted by molar-refractivity contribution is 5.95. The third kappa shape index (κ3) is 6.77. The maximum Gasteiger partial charge on any atom is 0.251 e. The minimum Gasteiger partial charge on any atom is -0.494 e. The van der Waals surface area contributed by atoms with E-state index < -0.39 is 0 Å². The molecule has 0 aromatic heterocycles. The van der Waals surface area contributed by atoms with E-state index in [1.165, 1.54) is 0 Å². The van der Waals surface area contributed by atoms with Crippen LogP contribution in [0.2, 0.25) is 0 Å². The first-order chi connectivity index (χ1) is 13.1. The summed E-state index contributed by atoms with van der Waals surface area (Å²) in [5, 5.41) is 5.65. The average Bonchev–Trinajstić information content (AvgIpc) is 2.70. The van der Waals surface area contributed by atoms with Crippen molar-refractivity contribution in [3.63, 3.8) is 0 Å². The fourth-order valence-corrected chi connectivity index (χ4v) is 2.61. The number of carbonyl (C=O) groups is 2. The highest BCUT2D eigenvalue weighted by Gasteiger charge is 2.08. The summed E-state index contributed by atoms with van der Waals surface area (Å²) in [7, 11) is 0. The first-order valence-corrected chi connectivity index (χ1v) is 9.52. The van der Waals surface area contributed by atoms with Gasteiger partial charge < -0.3 is 15.4 Å². The van der Waals surface area contributed by atoms with Crippen LogP contribution in [0.5, 0.6) is 5.75 Å². The van der Waals surface area contributed by atoms with Crippen molar-refractivity contribution in [1.29, 1.82) is 0 Å². The van der Waals surface area contributed by atoms with Crippen molar-refractivity contribution in [3.8, 4) is 5.75 Å². The first kappa shape index (κ1) is 20.5. The molecule has 0 heterocycles. The summed E-state index contributed by atoms with van der Waals surface area (Å²) in [6, 6.07) is 14.4. The molecule has 0 unspecified atom stereocenters. The molecule has 0 saturated heterocycles. The predicted molar refractivity (Wildman–Crippen MR) is 107 cm³/mol. The van der Waals surface area contributed by atoms with Crippen molar-refractivity contribution in [1.82, 2.24) is 10.6 Å². The SMILES string of the molecule is CCCCCOc1ccc(C(=O)NCc2cccc(C(=O)NCC)c2)cc1. The number of ether oxygens (including phenoxy) is 1. The summed E-state index contributed by atoms with van der Waals surface area (Å²) >= 11 is 0. The highest BCUT2D eigenvalue weighted by atomic mass is 16.5. The fraction of sp³-hybridized carbons (Fsp3) is 0.364. The summed E-state index contributed by atoms with van der Waals surface area (Å²) in [5.74, 6) is 0.508. The van der Waals surface area contributed by atoms with Crippen LogP contribution in [0.15, 0.2) is 48.5 Å². The van der Waals surface area contributed by atoms with Gasteiger partial charge in [0.2, 0.25) is 0 Å². The molecule has 0 aliphatic carbocycles. The van der Waals surface area contributed by atoms with Gasteiger partial charge >= 0.3 is 0 Å². The summed E-state index contributed by atoms with van der Waals surface area (Å²) in [5.41, 5.74) is 2.05. The van der Waals surface area contributed by atoms with Gasteiger partial charge in [-0.3, -0.25) is 9.59 Å². The molecule has 27 heavy (non-hydrogen) atoms. The van der Waals surface area contributed by atoms with Crippen molar-refractivity contribution >= 4 is 11.8 Å². The van der Waals surface area contributed by atoms with Gasteiger partial charge in [0.15, 0.2) is 0 Å². The Balaban J connectivity index is 1.86. The number of nitrogens with one attached hydrogen (secondary N) is 2. The van der Waals surface area contributed by atoms with Gasteiger partial charge in [0, 0.05) is 24.2 Å². The van der Waals surface area contributed by atoms with Crippen molar-refractivity contribution in [2.45, 2.75) is 39.7 Å². The van der Waals surface area contributed by atoms with E-state index in [0.717, 1.165) is 30.6 Å². The Kier molecular flexibility index (Phi) is 8.36. The van der Waals surface area contributed by atoms with Crippen LogP contribution in [0.25, 0.3) is 0 Å². The van der Waals surface area contributed by atoms with Crippen molar-refractivity contribution in [3.05, 3.63) is 65.2 Å². The van der Waals surface area contributed by atoms with Crippen LogP contribution in [-0.2, 0) is 6.54 Å². The largest absolute Gasteiger partial charge is 0.494 e. The summed E-state index contributed by atoms with van der Waals surface area (Å²) in [4.78, 5) is 24.2. The maximum atomic E-state index is 12.3. The minimum atomic E-state index is -0.157. The van der Waals surface area contributed by atoms with E-state index in [1.54, 1.807) is 24.3 Å². The summed E-state index contributed by atoms with van der Waals surface area (Å²) in [6.07, 6.45) is 3.35. The van der Waals surface area contributed by atoms with E-state index in [2.05, 4.69) is 17.6 Å². The van der Waals surface area contributed by atoms with E-state index in [0.29, 0.717) is 30.8 Å². The lowest BCUT2D eigenvalue weighted by Crippen LogP contribution is -2.24. The second kappa shape index (κ2) is 11.0. The van der Waals surface area contributed by atoms with Crippen molar-refractivity contribution in [2.75, 3.05) is 13.2 Å². The number of unbranched alkanes of at least 4 members (excludes halogenated alkanes) is 2. The van der Waals surface area contributed by atoms with E-state index in [4.69, 9.17) is 4.74 Å². The molecular formula is C22H28N2O3. The van der Waals surface area contributed by atoms with Crippen LogP contribution >= 0.6 is 0 Å². The Morgan fingerprint density at radius 1 is 0.889 bits per heavy atom. The number of hydrogen-bond acceptors (Lipinski definition) is 3. The third-order valence-electron chi connectivity index (χ3n) is 4.11. The normalized spacial score (nSPS) is 10.3. The molecule has 0 aliphatic heterocycles. The molecule has 0 fully saturated rings. The van der Waals surface area contributed by atoms with Gasteiger partial charge in [-0.15, -0.1) is 0 Å². The molecule has 2 aromatic carbocycles. The zero-order chi connectivity index (χ0) is 19.5. The molecule has 0 aliphatic rings. The molecule has 2 amide bonds. The second-order valence-electron chi connectivity index (χ2n) is 6.32. The lowest BCUT2D eigenvalue weighted by molar-refractivity contribution is 0.0947. The molecule has 2 aromatic rings. The standard InChI is InChI=1S/C22H28N2O3/c1-3-5-6-14-27-20-12-10-18(11-13-20)21(25)24-16-17-8-7-9-19(15-17)22(26)23-4-2/h7-13,15H,3-6,14,16H2,1-2H3,(H,23,26)(H,24,25). The van der Waals surface area contributed by atoms with Crippen LogP contribution in [0.1, 0.15) is 59.4 Å². The van der Waals surface area contributed by atoms with Crippen LogP contribution in [0.4, 0.5) is 0 Å². The van der Waals surface area contributed by atoms with E-state index >= 15 is 0 Å². The van der Waals surface area contributed by atoms with Crippen LogP contribution in [0, 0.1) is 0 Å². The van der Waals surface area contributed by atoms with Crippen LogP contribution in [0.3, 0.4) is 0 Å². The topological polar surface area (TPSA) is 67.4 Å². The lowest BCUT2D eigenvalue weighted by atomic mass is 10.1. The molecule has 0 radical (unpaired) electrons. The zero-order valence-corrected chi connectivity index (χ0v) is 16.1. The van der Waals surface area contributed by atoms with Crippen LogP contribution < -0.4 is 15.4 Å². The molecule has 0 atom stereocenters. The van der Waals surface area contributed by atoms with Crippen molar-refractivity contribution < 1.29 is 14.3 Å². The highest BCUT2D eigenvalue weighted by Crippen LogP contribution is 2.13. The molecule has 2 rings (SSSR count). The Bertz CT molecular complexity index is 741. The summed E-state index contributed by atoms with van der Waals surface area (Å²) in [6.45, 7) is 5.67. The van der Waals surface area contributed by atoms with E-state index in [9.17, 15) is 9.59 Å². The molecule has 0 saturated carbocycles. The van der Waals surface area contributed by atoms with Gasteiger partial charge in [0.1, 0.15) is 5.75 Å². The first-order valence-electron chi connectivity index (χ1n) is 9.52. The Morgan fingerprint density at radius 2 is 1.63 bits per heavy atom. The molecule has 0 spiro atoms. The molecule has 0 bridgehead atoms. The number of amides is 2. The predicted octanol–water partition coefficient (Wildman–Crippen LogP) is 3.94. The van der Waals surface area contributed by atoms with Crippen LogP contribution in [-0.4, -0.2) is 25.0 Å². The molecule has 5 heteroatoms. The Morgan fingerprint density at radius 3 is 2.33 bits per heavy atom. The summed E-state index contributed by atoms with van der Waals surface area (Å²) < 4.78 is 5.66. The molecule has 144 valence electrons. The zero-order valence-electron chi connectivity index (χ0n) is 16.1. The van der Waals surface area contributed by atoms with Gasteiger partial charge in [0.25, 0.3) is 11.8 Å². The smallest absolute Gasteiger partial charge is 0.251 e. The molecule has 2 N–H and O–H groups in total. The second-order valence-corrected chi connectivity index (χ2v) is 6.32. The quantitative estimate of drug-likeness (QED) is 0.624. The fourth-order valence-electron chi connectivity index (χ4n) is 2.61. The Labute approximate surface area is 161 Å². The minimum absolute atomic E-state index is 0.111. The number of rotatable bonds is 10.